The molecule has 1 fully saturated rings. The number of methoxy groups -OCH3 is 1. The highest BCUT2D eigenvalue weighted by atomic mass is 16.5. The Bertz CT molecular complexity index is 655. The number of ether oxygens (including phenoxy) is 1. The summed E-state index contributed by atoms with van der Waals surface area (Å²) in [6.45, 7) is 0. The van der Waals surface area contributed by atoms with Crippen molar-refractivity contribution in [1.82, 2.24) is 0 Å². The van der Waals surface area contributed by atoms with Gasteiger partial charge in [0.15, 0.2) is 0 Å². The van der Waals surface area contributed by atoms with E-state index in [1.54, 1.807) is 7.11 Å². The molecule has 3 heteroatoms. The molecule has 0 amide bonds. The largest absolute Gasteiger partial charge is 0.495 e. The molecular formula is C18H18N2O. The van der Waals surface area contributed by atoms with E-state index in [-0.39, 0.29) is 0 Å². The number of nitrogens with zero attached hydrogens (tertiary/aromatic N) is 1. The molecule has 1 saturated carbocycles. The molecule has 0 radical (unpaired) electrons. The molecule has 3 nitrogen and oxygen atoms in total. The van der Waals surface area contributed by atoms with Gasteiger partial charge in [0.1, 0.15) is 11.8 Å². The Morgan fingerprint density at radius 1 is 1.10 bits per heavy atom. The molecule has 1 aliphatic rings. The average Bonchev–Trinajstić information content (AvgIpc) is 2.51. The van der Waals surface area contributed by atoms with Crippen LogP contribution < -0.4 is 10.1 Å². The van der Waals surface area contributed by atoms with E-state index < -0.39 is 0 Å². The number of nitriles is 1. The second-order valence-corrected chi connectivity index (χ2v) is 5.41. The van der Waals surface area contributed by atoms with E-state index in [0.29, 0.717) is 17.5 Å². The molecule has 0 unspecified atom stereocenters. The maximum absolute atomic E-state index is 9.23. The molecule has 2 aromatic rings. The summed E-state index contributed by atoms with van der Waals surface area (Å²) in [5, 5.41) is 12.7. The van der Waals surface area contributed by atoms with E-state index in [2.05, 4.69) is 35.7 Å². The molecule has 0 spiro atoms. The molecule has 0 aliphatic heterocycles. The van der Waals surface area contributed by atoms with Gasteiger partial charge in [-0.1, -0.05) is 36.4 Å². The standard InChI is InChI=1S/C18H18N2O/c1-21-17-9-5-8-14(12-19)18(17)20-16-10-15(11-16)13-6-3-2-4-7-13/h2-9,15-16,20H,10-11H2,1H3. The lowest BCUT2D eigenvalue weighted by atomic mass is 9.76. The summed E-state index contributed by atoms with van der Waals surface area (Å²) < 4.78 is 5.36. The zero-order valence-corrected chi connectivity index (χ0v) is 12.0. The Labute approximate surface area is 125 Å². The van der Waals surface area contributed by atoms with Crippen molar-refractivity contribution in [1.29, 1.82) is 5.26 Å². The lowest BCUT2D eigenvalue weighted by Crippen LogP contribution is -2.34. The van der Waals surface area contributed by atoms with Gasteiger partial charge in [-0.05, 0) is 36.5 Å². The number of anilines is 1. The minimum atomic E-state index is 0.401. The molecule has 0 atom stereocenters. The minimum Gasteiger partial charge on any atom is -0.495 e. The maximum Gasteiger partial charge on any atom is 0.143 e. The highest BCUT2D eigenvalue weighted by Gasteiger charge is 2.31. The van der Waals surface area contributed by atoms with E-state index in [1.807, 2.05) is 24.3 Å². The van der Waals surface area contributed by atoms with Crippen LogP contribution >= 0.6 is 0 Å². The van der Waals surface area contributed by atoms with Crippen molar-refractivity contribution in [3.63, 3.8) is 0 Å². The fourth-order valence-electron chi connectivity index (χ4n) is 2.88. The third kappa shape index (κ3) is 2.71. The quantitative estimate of drug-likeness (QED) is 0.921. The monoisotopic (exact) mass is 278 g/mol. The predicted molar refractivity (Wildman–Crippen MR) is 83.5 cm³/mol. The zero-order chi connectivity index (χ0) is 14.7. The SMILES string of the molecule is COc1cccc(C#N)c1NC1CC(c2ccccc2)C1. The van der Waals surface area contributed by atoms with Crippen LogP contribution in [0.3, 0.4) is 0 Å². The van der Waals surface area contributed by atoms with E-state index in [4.69, 9.17) is 4.74 Å². The van der Waals surface area contributed by atoms with Crippen LogP contribution in [0.15, 0.2) is 48.5 Å². The Morgan fingerprint density at radius 3 is 2.52 bits per heavy atom. The third-order valence-electron chi connectivity index (χ3n) is 4.12. The van der Waals surface area contributed by atoms with Crippen LogP contribution in [-0.4, -0.2) is 13.2 Å². The van der Waals surface area contributed by atoms with Gasteiger partial charge in [-0.3, -0.25) is 0 Å². The van der Waals surface area contributed by atoms with E-state index in [1.165, 1.54) is 5.56 Å². The maximum atomic E-state index is 9.23. The zero-order valence-electron chi connectivity index (χ0n) is 12.0. The molecular weight excluding hydrogens is 260 g/mol. The molecule has 21 heavy (non-hydrogen) atoms. The molecule has 3 rings (SSSR count). The average molecular weight is 278 g/mol. The van der Waals surface area contributed by atoms with Gasteiger partial charge in [-0.15, -0.1) is 0 Å². The van der Waals surface area contributed by atoms with Gasteiger partial charge in [0, 0.05) is 6.04 Å². The molecule has 0 aromatic heterocycles. The van der Waals surface area contributed by atoms with E-state index in [9.17, 15) is 5.26 Å². The number of nitrogens with one attached hydrogen (secondary N) is 1. The summed E-state index contributed by atoms with van der Waals surface area (Å²) in [4.78, 5) is 0. The summed E-state index contributed by atoms with van der Waals surface area (Å²) in [6.07, 6.45) is 2.18. The van der Waals surface area contributed by atoms with Gasteiger partial charge in [0.05, 0.1) is 18.4 Å². The second-order valence-electron chi connectivity index (χ2n) is 5.41. The van der Waals surface area contributed by atoms with Gasteiger partial charge >= 0.3 is 0 Å². The van der Waals surface area contributed by atoms with Crippen molar-refractivity contribution in [3.05, 3.63) is 59.7 Å². The molecule has 106 valence electrons. The van der Waals surface area contributed by atoms with Crippen LogP contribution in [0.1, 0.15) is 29.9 Å². The second kappa shape index (κ2) is 5.88. The van der Waals surface area contributed by atoms with Crippen molar-refractivity contribution >= 4 is 5.69 Å². The van der Waals surface area contributed by atoms with E-state index >= 15 is 0 Å². The fraction of sp³-hybridized carbons (Fsp3) is 0.278. The van der Waals surface area contributed by atoms with Crippen LogP contribution in [0.4, 0.5) is 5.69 Å². The van der Waals surface area contributed by atoms with Gasteiger partial charge in [-0.25, -0.2) is 0 Å². The Kier molecular flexibility index (Phi) is 3.79. The van der Waals surface area contributed by atoms with Crippen LogP contribution in [0.25, 0.3) is 0 Å². The first-order chi connectivity index (χ1) is 10.3. The first-order valence-electron chi connectivity index (χ1n) is 7.20. The lowest BCUT2D eigenvalue weighted by Gasteiger charge is -2.37. The normalized spacial score (nSPS) is 20.2. The minimum absolute atomic E-state index is 0.401. The van der Waals surface area contributed by atoms with Gasteiger partial charge in [0.2, 0.25) is 0 Å². The number of benzene rings is 2. The van der Waals surface area contributed by atoms with Crippen LogP contribution in [0.5, 0.6) is 5.75 Å². The predicted octanol–water partition coefficient (Wildman–Crippen LogP) is 3.92. The van der Waals surface area contributed by atoms with Crippen molar-refractivity contribution in [2.75, 3.05) is 12.4 Å². The Morgan fingerprint density at radius 2 is 1.86 bits per heavy atom. The lowest BCUT2D eigenvalue weighted by molar-refractivity contribution is 0.370. The summed E-state index contributed by atoms with van der Waals surface area (Å²) in [5.41, 5.74) is 2.85. The number of rotatable bonds is 4. The Balaban J connectivity index is 1.69. The van der Waals surface area contributed by atoms with Crippen molar-refractivity contribution in [2.45, 2.75) is 24.8 Å². The molecule has 2 aromatic carbocycles. The molecule has 0 bridgehead atoms. The molecule has 0 saturated heterocycles. The highest BCUT2D eigenvalue weighted by Crippen LogP contribution is 2.40. The van der Waals surface area contributed by atoms with Gasteiger partial charge in [0.25, 0.3) is 0 Å². The summed E-state index contributed by atoms with van der Waals surface area (Å²) in [5.74, 6) is 1.35. The number of hydrogen-bond donors (Lipinski definition) is 1. The van der Waals surface area contributed by atoms with Gasteiger partial charge < -0.3 is 10.1 Å². The fourth-order valence-corrected chi connectivity index (χ4v) is 2.88. The van der Waals surface area contributed by atoms with Crippen LogP contribution in [0.2, 0.25) is 0 Å². The number of hydrogen-bond acceptors (Lipinski definition) is 3. The smallest absolute Gasteiger partial charge is 0.143 e. The first kappa shape index (κ1) is 13.5. The number of para-hydroxylation sites is 1. The third-order valence-corrected chi connectivity index (χ3v) is 4.12. The topological polar surface area (TPSA) is 45.0 Å². The Hall–Kier alpha value is -2.47. The molecule has 1 aliphatic carbocycles. The summed E-state index contributed by atoms with van der Waals surface area (Å²) in [7, 11) is 1.63. The first-order valence-corrected chi connectivity index (χ1v) is 7.20. The highest BCUT2D eigenvalue weighted by molar-refractivity contribution is 5.67. The van der Waals surface area contributed by atoms with Crippen molar-refractivity contribution in [2.24, 2.45) is 0 Å². The molecule has 1 N–H and O–H groups in total. The molecule has 0 heterocycles. The van der Waals surface area contributed by atoms with E-state index in [0.717, 1.165) is 24.3 Å². The summed E-state index contributed by atoms with van der Waals surface area (Å²) in [6, 6.07) is 18.8. The van der Waals surface area contributed by atoms with Crippen molar-refractivity contribution < 1.29 is 4.74 Å². The van der Waals surface area contributed by atoms with Crippen molar-refractivity contribution in [3.8, 4) is 11.8 Å². The van der Waals surface area contributed by atoms with Gasteiger partial charge in [-0.2, -0.15) is 5.26 Å². The van der Waals surface area contributed by atoms with Crippen LogP contribution in [-0.2, 0) is 0 Å². The summed E-state index contributed by atoms with van der Waals surface area (Å²) >= 11 is 0. The van der Waals surface area contributed by atoms with Crippen LogP contribution in [0, 0.1) is 11.3 Å².